The number of rotatable bonds is 6. The van der Waals surface area contributed by atoms with Gasteiger partial charge in [-0.1, -0.05) is 47.7 Å². The Morgan fingerprint density at radius 1 is 1.11 bits per heavy atom. The predicted octanol–water partition coefficient (Wildman–Crippen LogP) is 4.76. The summed E-state index contributed by atoms with van der Waals surface area (Å²) in [5.41, 5.74) is 2.79. The normalized spacial score (nSPS) is 12.2. The number of nitrogens with one attached hydrogen (secondary N) is 1. The Hall–Kier alpha value is -3.06. The molecule has 0 saturated heterocycles. The van der Waals surface area contributed by atoms with Gasteiger partial charge in [0.1, 0.15) is 11.3 Å². The van der Waals surface area contributed by atoms with Crippen molar-refractivity contribution in [2.75, 3.05) is 5.75 Å². The van der Waals surface area contributed by atoms with Crippen LogP contribution in [0.25, 0.3) is 22.4 Å². The third-order valence-corrected chi connectivity index (χ3v) is 5.07. The molecule has 142 valence electrons. The average Bonchev–Trinajstić information content (AvgIpc) is 3.33. The van der Waals surface area contributed by atoms with E-state index in [9.17, 15) is 4.79 Å². The molecular weight excluding hydrogens is 374 g/mol. The van der Waals surface area contributed by atoms with Crippen LogP contribution in [-0.2, 0) is 4.79 Å². The van der Waals surface area contributed by atoms with E-state index in [1.807, 2.05) is 68.4 Å². The van der Waals surface area contributed by atoms with Crippen molar-refractivity contribution >= 4 is 28.6 Å². The van der Waals surface area contributed by atoms with Crippen LogP contribution in [0.4, 0.5) is 0 Å². The lowest BCUT2D eigenvalue weighted by Crippen LogP contribution is -2.27. The van der Waals surface area contributed by atoms with Crippen LogP contribution in [0, 0.1) is 6.92 Å². The van der Waals surface area contributed by atoms with E-state index < -0.39 is 0 Å². The molecule has 1 amide bonds. The number of thioether (sulfide) groups is 1. The van der Waals surface area contributed by atoms with E-state index in [-0.39, 0.29) is 17.7 Å². The molecule has 0 aliphatic heterocycles. The molecule has 0 saturated carbocycles. The van der Waals surface area contributed by atoms with Crippen LogP contribution in [0.1, 0.15) is 24.3 Å². The lowest BCUT2D eigenvalue weighted by atomic mass is 10.1. The minimum absolute atomic E-state index is 0.131. The van der Waals surface area contributed by atoms with E-state index in [0.29, 0.717) is 11.1 Å². The highest BCUT2D eigenvalue weighted by Gasteiger charge is 2.16. The summed E-state index contributed by atoms with van der Waals surface area (Å²) in [6, 6.07) is 17.3. The molecule has 1 N–H and O–H groups in total. The summed E-state index contributed by atoms with van der Waals surface area (Å²) in [5, 5.41) is 12.4. The van der Waals surface area contributed by atoms with E-state index in [0.717, 1.165) is 27.9 Å². The quantitative estimate of drug-likeness (QED) is 0.476. The Balaban J connectivity index is 1.34. The van der Waals surface area contributed by atoms with Crippen LogP contribution < -0.4 is 5.32 Å². The first-order valence-electron chi connectivity index (χ1n) is 8.89. The van der Waals surface area contributed by atoms with Gasteiger partial charge in [-0.3, -0.25) is 4.79 Å². The molecule has 0 spiro atoms. The second-order valence-electron chi connectivity index (χ2n) is 6.51. The number of carbonyl (C=O) groups excluding carboxylic acids is 1. The summed E-state index contributed by atoms with van der Waals surface area (Å²) in [4.78, 5) is 12.3. The Morgan fingerprint density at radius 3 is 2.79 bits per heavy atom. The first kappa shape index (κ1) is 18.3. The predicted molar refractivity (Wildman–Crippen MR) is 108 cm³/mol. The molecule has 0 bridgehead atoms. The molecule has 0 aliphatic carbocycles. The van der Waals surface area contributed by atoms with Crippen molar-refractivity contribution in [3.05, 3.63) is 65.9 Å². The van der Waals surface area contributed by atoms with Crippen molar-refractivity contribution in [3.8, 4) is 11.5 Å². The van der Waals surface area contributed by atoms with E-state index in [2.05, 4.69) is 15.5 Å². The van der Waals surface area contributed by atoms with Gasteiger partial charge in [-0.05, 0) is 38.1 Å². The standard InChI is InChI=1S/C21H19N3O3S/c1-13-6-5-8-16(10-13)20-23-24-21(27-20)28-12-19(25)22-14(2)18-11-15-7-3-4-9-17(15)26-18/h3-11,14H,12H2,1-2H3,(H,22,25)/t14-/m0/s1. The zero-order valence-corrected chi connectivity index (χ0v) is 16.3. The molecule has 6 nitrogen and oxygen atoms in total. The summed E-state index contributed by atoms with van der Waals surface area (Å²) < 4.78 is 11.4. The fourth-order valence-electron chi connectivity index (χ4n) is 2.86. The zero-order chi connectivity index (χ0) is 19.5. The third kappa shape index (κ3) is 4.09. The number of fused-ring (bicyclic) bond motifs is 1. The summed E-state index contributed by atoms with van der Waals surface area (Å²) in [6.07, 6.45) is 0. The number of hydrogen-bond donors (Lipinski definition) is 1. The maximum atomic E-state index is 12.3. The molecule has 0 aliphatic rings. The lowest BCUT2D eigenvalue weighted by Gasteiger charge is -2.10. The molecule has 0 radical (unpaired) electrons. The SMILES string of the molecule is Cc1cccc(-c2nnc(SCC(=O)N[C@@H](C)c3cc4ccccc4o3)o2)c1. The Kier molecular flexibility index (Phi) is 5.16. The zero-order valence-electron chi connectivity index (χ0n) is 15.5. The monoisotopic (exact) mass is 393 g/mol. The molecule has 2 aromatic heterocycles. The van der Waals surface area contributed by atoms with Crippen molar-refractivity contribution in [2.45, 2.75) is 25.1 Å². The van der Waals surface area contributed by atoms with E-state index >= 15 is 0 Å². The minimum atomic E-state index is -0.231. The van der Waals surface area contributed by atoms with E-state index in [1.54, 1.807) is 0 Å². The number of carbonyl (C=O) groups is 1. The van der Waals surface area contributed by atoms with Gasteiger partial charge in [0, 0.05) is 10.9 Å². The van der Waals surface area contributed by atoms with Gasteiger partial charge >= 0.3 is 0 Å². The number of nitrogens with zero attached hydrogens (tertiary/aromatic N) is 2. The average molecular weight is 393 g/mol. The Morgan fingerprint density at radius 2 is 1.96 bits per heavy atom. The molecule has 1 atom stereocenters. The van der Waals surface area contributed by atoms with Gasteiger partial charge in [0.2, 0.25) is 11.8 Å². The fraction of sp³-hybridized carbons (Fsp3) is 0.190. The highest BCUT2D eigenvalue weighted by molar-refractivity contribution is 7.99. The number of amides is 1. The van der Waals surface area contributed by atoms with Crippen LogP contribution in [0.15, 0.2) is 68.7 Å². The first-order chi connectivity index (χ1) is 13.6. The van der Waals surface area contributed by atoms with Crippen molar-refractivity contribution in [1.29, 1.82) is 0 Å². The van der Waals surface area contributed by atoms with Gasteiger partial charge in [0.15, 0.2) is 0 Å². The van der Waals surface area contributed by atoms with Crippen molar-refractivity contribution in [1.82, 2.24) is 15.5 Å². The number of aryl methyl sites for hydroxylation is 1. The molecule has 2 aromatic carbocycles. The van der Waals surface area contributed by atoms with Gasteiger partial charge in [0.05, 0.1) is 11.8 Å². The minimum Gasteiger partial charge on any atom is -0.459 e. The van der Waals surface area contributed by atoms with Crippen LogP contribution in [0.3, 0.4) is 0 Å². The second-order valence-corrected chi connectivity index (χ2v) is 7.43. The molecule has 0 unspecified atom stereocenters. The Labute approximate surface area is 166 Å². The smallest absolute Gasteiger partial charge is 0.277 e. The highest BCUT2D eigenvalue weighted by Crippen LogP contribution is 2.25. The molecular formula is C21H19N3O3S. The number of para-hydroxylation sites is 1. The Bertz CT molecular complexity index is 1090. The molecule has 7 heteroatoms. The molecule has 4 rings (SSSR count). The van der Waals surface area contributed by atoms with E-state index in [1.165, 1.54) is 11.8 Å². The maximum absolute atomic E-state index is 12.3. The van der Waals surface area contributed by atoms with Crippen LogP contribution >= 0.6 is 11.8 Å². The maximum Gasteiger partial charge on any atom is 0.277 e. The van der Waals surface area contributed by atoms with Gasteiger partial charge in [0.25, 0.3) is 5.22 Å². The van der Waals surface area contributed by atoms with Gasteiger partial charge < -0.3 is 14.2 Å². The topological polar surface area (TPSA) is 81.2 Å². The number of hydrogen-bond acceptors (Lipinski definition) is 6. The van der Waals surface area contributed by atoms with E-state index in [4.69, 9.17) is 8.83 Å². The molecule has 0 fully saturated rings. The fourth-order valence-corrected chi connectivity index (χ4v) is 3.43. The van der Waals surface area contributed by atoms with Crippen LogP contribution in [0.5, 0.6) is 0 Å². The van der Waals surface area contributed by atoms with Crippen molar-refractivity contribution in [3.63, 3.8) is 0 Å². The summed E-state index contributed by atoms with van der Waals surface area (Å²) in [5.74, 6) is 1.22. The van der Waals surface area contributed by atoms with Gasteiger partial charge in [-0.15, -0.1) is 10.2 Å². The number of furan rings is 1. The first-order valence-corrected chi connectivity index (χ1v) is 9.88. The molecule has 28 heavy (non-hydrogen) atoms. The van der Waals surface area contributed by atoms with Crippen molar-refractivity contribution < 1.29 is 13.6 Å². The van der Waals surface area contributed by atoms with Crippen LogP contribution in [0.2, 0.25) is 0 Å². The van der Waals surface area contributed by atoms with Gasteiger partial charge in [-0.2, -0.15) is 0 Å². The molecule has 2 heterocycles. The summed E-state index contributed by atoms with van der Waals surface area (Å²) in [7, 11) is 0. The number of benzene rings is 2. The largest absolute Gasteiger partial charge is 0.459 e. The third-order valence-electron chi connectivity index (χ3n) is 4.25. The number of aromatic nitrogens is 2. The lowest BCUT2D eigenvalue weighted by molar-refractivity contribution is -0.119. The molecule has 4 aromatic rings. The van der Waals surface area contributed by atoms with Gasteiger partial charge in [-0.25, -0.2) is 0 Å². The summed E-state index contributed by atoms with van der Waals surface area (Å²) in [6.45, 7) is 3.89. The summed E-state index contributed by atoms with van der Waals surface area (Å²) >= 11 is 1.21. The second kappa shape index (κ2) is 7.90. The van der Waals surface area contributed by atoms with Crippen molar-refractivity contribution in [2.24, 2.45) is 0 Å². The van der Waals surface area contributed by atoms with Crippen LogP contribution in [-0.4, -0.2) is 21.9 Å². The highest BCUT2D eigenvalue weighted by atomic mass is 32.2.